The van der Waals surface area contributed by atoms with Crippen LogP contribution in [-0.4, -0.2) is 35.5 Å². The van der Waals surface area contributed by atoms with Crippen molar-refractivity contribution >= 4 is 17.7 Å². The Morgan fingerprint density at radius 3 is 2.95 bits per heavy atom. The van der Waals surface area contributed by atoms with E-state index in [-0.39, 0.29) is 11.5 Å². The lowest BCUT2D eigenvalue weighted by Crippen LogP contribution is -2.45. The van der Waals surface area contributed by atoms with E-state index in [4.69, 9.17) is 5.10 Å². The highest BCUT2D eigenvalue weighted by molar-refractivity contribution is 5.86. The Morgan fingerprint density at radius 2 is 2.27 bits per heavy atom. The molecule has 6 nitrogen and oxygen atoms in total. The van der Waals surface area contributed by atoms with Crippen LogP contribution in [0.4, 0.5) is 0 Å². The molecule has 0 fully saturated rings. The standard InChI is InChI=1S/C16H22N6/c1-11-15(17-4)20-6-5-16(11,3)22-9-14(12(2)21-22)13-7-18-10-19-8-13/h5-7,9-11H,8H2,1-4H3,(H,17,20)(H,18,19). The van der Waals surface area contributed by atoms with Crippen LogP contribution in [0.5, 0.6) is 0 Å². The molecule has 0 saturated heterocycles. The van der Waals surface area contributed by atoms with Crippen molar-refractivity contribution in [3.8, 4) is 0 Å². The Balaban J connectivity index is 1.99. The topological polar surface area (TPSA) is 66.6 Å². The Hall–Kier alpha value is -2.37. The second-order valence-electron chi connectivity index (χ2n) is 5.91. The molecule has 3 rings (SSSR count). The Bertz CT molecular complexity index is 693. The quantitative estimate of drug-likeness (QED) is 0.872. The molecule has 2 aliphatic rings. The van der Waals surface area contributed by atoms with E-state index in [0.29, 0.717) is 0 Å². The van der Waals surface area contributed by atoms with Gasteiger partial charge in [0.15, 0.2) is 0 Å². The smallest absolute Gasteiger partial charge is 0.107 e. The maximum Gasteiger partial charge on any atom is 0.107 e. The Morgan fingerprint density at radius 1 is 1.45 bits per heavy atom. The number of nitrogens with zero attached hydrogens (tertiary/aromatic N) is 4. The third-order valence-corrected chi connectivity index (χ3v) is 4.60. The van der Waals surface area contributed by atoms with E-state index >= 15 is 0 Å². The fourth-order valence-electron chi connectivity index (χ4n) is 2.93. The number of nitrogens with one attached hydrogen (secondary N) is 2. The molecule has 3 heterocycles. The zero-order valence-electron chi connectivity index (χ0n) is 13.5. The molecule has 0 bridgehead atoms. The van der Waals surface area contributed by atoms with Gasteiger partial charge in [-0.05, 0) is 19.9 Å². The van der Waals surface area contributed by atoms with Crippen molar-refractivity contribution < 1.29 is 0 Å². The van der Waals surface area contributed by atoms with E-state index in [1.807, 2.05) is 31.1 Å². The minimum Gasteiger partial charge on any atom is -0.376 e. The summed E-state index contributed by atoms with van der Waals surface area (Å²) in [5.74, 6) is 1.19. The zero-order valence-corrected chi connectivity index (χ0v) is 13.5. The third-order valence-electron chi connectivity index (χ3n) is 4.60. The summed E-state index contributed by atoms with van der Waals surface area (Å²) >= 11 is 0. The van der Waals surface area contributed by atoms with Gasteiger partial charge in [0.1, 0.15) is 5.84 Å². The van der Waals surface area contributed by atoms with Crippen LogP contribution in [0, 0.1) is 12.8 Å². The number of aryl methyl sites for hydroxylation is 1. The number of aromatic nitrogens is 2. The minimum absolute atomic E-state index is 0.214. The molecule has 0 amide bonds. The van der Waals surface area contributed by atoms with Crippen LogP contribution in [0.3, 0.4) is 0 Å². The summed E-state index contributed by atoms with van der Waals surface area (Å²) in [5, 5.41) is 11.1. The predicted octanol–water partition coefficient (Wildman–Crippen LogP) is 1.66. The Labute approximate surface area is 130 Å². The van der Waals surface area contributed by atoms with Gasteiger partial charge >= 0.3 is 0 Å². The summed E-state index contributed by atoms with van der Waals surface area (Å²) in [6, 6.07) is 0. The normalized spacial score (nSPS) is 27.2. The fourth-order valence-corrected chi connectivity index (χ4v) is 2.93. The number of hydrogen-bond acceptors (Lipinski definition) is 5. The van der Waals surface area contributed by atoms with Gasteiger partial charge in [-0.1, -0.05) is 6.92 Å². The van der Waals surface area contributed by atoms with Crippen LogP contribution in [0.1, 0.15) is 25.1 Å². The molecule has 6 heteroatoms. The first-order valence-corrected chi connectivity index (χ1v) is 7.50. The van der Waals surface area contributed by atoms with Crippen LogP contribution in [0.25, 0.3) is 5.57 Å². The van der Waals surface area contributed by atoms with Crippen LogP contribution < -0.4 is 10.6 Å². The molecular weight excluding hydrogens is 276 g/mol. The molecule has 0 aliphatic carbocycles. The van der Waals surface area contributed by atoms with Crippen molar-refractivity contribution in [2.24, 2.45) is 15.9 Å². The van der Waals surface area contributed by atoms with Gasteiger partial charge in [-0.15, -0.1) is 0 Å². The maximum absolute atomic E-state index is 4.76. The molecule has 2 N–H and O–H groups in total. The van der Waals surface area contributed by atoms with E-state index in [0.717, 1.165) is 29.2 Å². The number of aliphatic imine (C=N–C) groups is 2. The van der Waals surface area contributed by atoms with E-state index < -0.39 is 0 Å². The molecule has 116 valence electrons. The van der Waals surface area contributed by atoms with Gasteiger partial charge < -0.3 is 10.6 Å². The van der Waals surface area contributed by atoms with Crippen LogP contribution in [0.15, 0.2) is 34.7 Å². The maximum atomic E-state index is 4.76. The highest BCUT2D eigenvalue weighted by Crippen LogP contribution is 2.32. The molecular formula is C16H22N6. The van der Waals surface area contributed by atoms with E-state index in [1.165, 1.54) is 0 Å². The molecule has 0 saturated carbocycles. The zero-order chi connectivity index (χ0) is 15.7. The van der Waals surface area contributed by atoms with E-state index in [2.05, 4.69) is 46.7 Å². The molecule has 0 spiro atoms. The lowest BCUT2D eigenvalue weighted by atomic mass is 9.84. The fraction of sp³-hybridized carbons (Fsp3) is 0.438. The predicted molar refractivity (Wildman–Crippen MR) is 89.9 cm³/mol. The van der Waals surface area contributed by atoms with Crippen molar-refractivity contribution in [1.82, 2.24) is 20.4 Å². The van der Waals surface area contributed by atoms with Gasteiger partial charge in [0.2, 0.25) is 0 Å². The van der Waals surface area contributed by atoms with Crippen molar-refractivity contribution in [3.05, 3.63) is 35.9 Å². The van der Waals surface area contributed by atoms with Gasteiger partial charge in [0, 0.05) is 49.2 Å². The summed E-state index contributed by atoms with van der Waals surface area (Å²) in [5.41, 5.74) is 3.07. The lowest BCUT2D eigenvalue weighted by molar-refractivity contribution is 0.298. The van der Waals surface area contributed by atoms with Crippen LogP contribution >= 0.6 is 0 Å². The molecule has 1 aromatic heterocycles. The van der Waals surface area contributed by atoms with Crippen molar-refractivity contribution in [2.45, 2.75) is 26.3 Å². The van der Waals surface area contributed by atoms with E-state index in [9.17, 15) is 0 Å². The number of rotatable bonds is 2. The van der Waals surface area contributed by atoms with Crippen LogP contribution in [-0.2, 0) is 5.54 Å². The molecule has 0 radical (unpaired) electrons. The van der Waals surface area contributed by atoms with E-state index in [1.54, 1.807) is 6.34 Å². The first-order chi connectivity index (χ1) is 10.6. The second-order valence-corrected chi connectivity index (χ2v) is 5.91. The monoisotopic (exact) mass is 298 g/mol. The van der Waals surface area contributed by atoms with Crippen LogP contribution in [0.2, 0.25) is 0 Å². The molecule has 0 aromatic carbocycles. The highest BCUT2D eigenvalue weighted by Gasteiger charge is 2.37. The average molecular weight is 298 g/mol. The summed E-state index contributed by atoms with van der Waals surface area (Å²) in [4.78, 5) is 8.59. The first-order valence-electron chi connectivity index (χ1n) is 7.50. The molecule has 2 atom stereocenters. The van der Waals surface area contributed by atoms with Crippen molar-refractivity contribution in [2.75, 3.05) is 13.6 Å². The van der Waals surface area contributed by atoms with Gasteiger partial charge in [0.05, 0.1) is 17.6 Å². The number of amidine groups is 1. The average Bonchev–Trinajstić information content (AvgIpc) is 2.93. The summed E-state index contributed by atoms with van der Waals surface area (Å²) in [6.45, 7) is 7.17. The minimum atomic E-state index is -0.241. The SMILES string of the molecule is CNC1=NC=CC(C)(n2cc(C3=CN=CNC3)c(C)n2)C1C. The largest absolute Gasteiger partial charge is 0.376 e. The van der Waals surface area contributed by atoms with Gasteiger partial charge in [0.25, 0.3) is 0 Å². The van der Waals surface area contributed by atoms with Crippen molar-refractivity contribution in [1.29, 1.82) is 0 Å². The molecule has 1 aromatic rings. The lowest BCUT2D eigenvalue weighted by Gasteiger charge is -2.35. The highest BCUT2D eigenvalue weighted by atomic mass is 15.3. The second kappa shape index (κ2) is 5.44. The number of allylic oxidation sites excluding steroid dienone is 1. The molecule has 2 aliphatic heterocycles. The molecule has 22 heavy (non-hydrogen) atoms. The summed E-state index contributed by atoms with van der Waals surface area (Å²) < 4.78 is 2.05. The van der Waals surface area contributed by atoms with Crippen molar-refractivity contribution in [3.63, 3.8) is 0 Å². The van der Waals surface area contributed by atoms with Gasteiger partial charge in [-0.3, -0.25) is 4.68 Å². The molecule has 2 unspecified atom stereocenters. The third kappa shape index (κ3) is 2.24. The van der Waals surface area contributed by atoms with Gasteiger partial charge in [-0.25, -0.2) is 9.98 Å². The summed E-state index contributed by atoms with van der Waals surface area (Å²) in [6.07, 6.45) is 9.69. The first kappa shape index (κ1) is 14.6. The summed E-state index contributed by atoms with van der Waals surface area (Å²) in [7, 11) is 1.91. The number of hydrogen-bond donors (Lipinski definition) is 2. The Kier molecular flexibility index (Phi) is 3.60. The van der Waals surface area contributed by atoms with Gasteiger partial charge in [-0.2, -0.15) is 5.10 Å².